The van der Waals surface area contributed by atoms with E-state index in [1.54, 1.807) is 14.2 Å². The summed E-state index contributed by atoms with van der Waals surface area (Å²) >= 11 is 0. The molecule has 3 aromatic rings. The van der Waals surface area contributed by atoms with Crippen LogP contribution in [0, 0.1) is 11.3 Å². The number of fused-ring (bicyclic) bond motifs is 1. The van der Waals surface area contributed by atoms with Crippen molar-refractivity contribution in [3.8, 4) is 28.7 Å². The van der Waals surface area contributed by atoms with Gasteiger partial charge < -0.3 is 14.5 Å². The number of nitrogens with zero attached hydrogens (tertiary/aromatic N) is 1. The summed E-state index contributed by atoms with van der Waals surface area (Å²) in [4.78, 5) is 3.14. The van der Waals surface area contributed by atoms with Gasteiger partial charge in [-0.3, -0.25) is 0 Å². The van der Waals surface area contributed by atoms with Crippen molar-refractivity contribution in [2.75, 3.05) is 14.2 Å². The summed E-state index contributed by atoms with van der Waals surface area (Å²) in [5.41, 5.74) is 3.26. The van der Waals surface area contributed by atoms with E-state index >= 15 is 0 Å². The Kier molecular flexibility index (Phi) is 3.25. The van der Waals surface area contributed by atoms with Crippen molar-refractivity contribution in [2.24, 2.45) is 0 Å². The van der Waals surface area contributed by atoms with Gasteiger partial charge in [0.05, 0.1) is 19.7 Å². The number of benzene rings is 2. The van der Waals surface area contributed by atoms with Crippen LogP contribution in [0.2, 0.25) is 0 Å². The van der Waals surface area contributed by atoms with Crippen LogP contribution >= 0.6 is 0 Å². The number of aromatic amines is 1. The number of hydrogen-bond acceptors (Lipinski definition) is 3. The Labute approximate surface area is 122 Å². The second-order valence-corrected chi connectivity index (χ2v) is 4.61. The summed E-state index contributed by atoms with van der Waals surface area (Å²) in [5, 5.41) is 10.3. The number of nitriles is 1. The number of rotatable bonds is 3. The molecule has 0 saturated carbocycles. The minimum atomic E-state index is 0.534. The van der Waals surface area contributed by atoms with Gasteiger partial charge >= 0.3 is 0 Å². The third-order valence-electron chi connectivity index (χ3n) is 3.48. The standard InChI is InChI=1S/C17H14N2O2/c1-20-15-8-12-13(9-16(15)21-2)19-14(10-18)17(12)11-6-4-3-5-7-11/h3-9,19H,1-2H3. The van der Waals surface area contributed by atoms with E-state index in [2.05, 4.69) is 11.1 Å². The monoisotopic (exact) mass is 278 g/mol. The van der Waals surface area contributed by atoms with Gasteiger partial charge in [-0.05, 0) is 11.6 Å². The molecular formula is C17H14N2O2. The Morgan fingerprint density at radius 3 is 2.29 bits per heavy atom. The van der Waals surface area contributed by atoms with E-state index in [4.69, 9.17) is 9.47 Å². The summed E-state index contributed by atoms with van der Waals surface area (Å²) in [6.45, 7) is 0. The largest absolute Gasteiger partial charge is 0.493 e. The third kappa shape index (κ3) is 2.09. The molecule has 1 heterocycles. The molecule has 0 atom stereocenters. The van der Waals surface area contributed by atoms with Gasteiger partial charge in [0.1, 0.15) is 11.8 Å². The first-order valence-corrected chi connectivity index (χ1v) is 6.51. The molecule has 0 radical (unpaired) electrons. The van der Waals surface area contributed by atoms with Crippen molar-refractivity contribution in [3.63, 3.8) is 0 Å². The summed E-state index contributed by atoms with van der Waals surface area (Å²) in [6, 6.07) is 15.8. The van der Waals surface area contributed by atoms with Crippen molar-refractivity contribution in [1.29, 1.82) is 5.26 Å². The van der Waals surface area contributed by atoms with Crippen LogP contribution in [0.4, 0.5) is 0 Å². The lowest BCUT2D eigenvalue weighted by Crippen LogP contribution is -1.90. The van der Waals surface area contributed by atoms with Crippen LogP contribution in [0.15, 0.2) is 42.5 Å². The zero-order valence-corrected chi connectivity index (χ0v) is 11.8. The van der Waals surface area contributed by atoms with E-state index in [-0.39, 0.29) is 0 Å². The van der Waals surface area contributed by atoms with E-state index in [9.17, 15) is 5.26 Å². The van der Waals surface area contributed by atoms with Crippen LogP contribution in [-0.2, 0) is 0 Å². The van der Waals surface area contributed by atoms with Crippen LogP contribution in [0.5, 0.6) is 11.5 Å². The van der Waals surface area contributed by atoms with Crippen molar-refractivity contribution in [1.82, 2.24) is 4.98 Å². The van der Waals surface area contributed by atoms with Gasteiger partial charge in [-0.1, -0.05) is 30.3 Å². The van der Waals surface area contributed by atoms with Crippen LogP contribution in [0.3, 0.4) is 0 Å². The number of nitrogens with one attached hydrogen (secondary N) is 1. The van der Waals surface area contributed by atoms with E-state index < -0.39 is 0 Å². The molecule has 0 amide bonds. The van der Waals surface area contributed by atoms with Gasteiger partial charge in [-0.15, -0.1) is 0 Å². The van der Waals surface area contributed by atoms with E-state index in [1.165, 1.54) is 0 Å². The van der Waals surface area contributed by atoms with Gasteiger partial charge in [0.25, 0.3) is 0 Å². The molecule has 3 rings (SSSR count). The zero-order valence-electron chi connectivity index (χ0n) is 11.8. The molecule has 4 heteroatoms. The average molecular weight is 278 g/mol. The molecule has 0 aliphatic heterocycles. The quantitative estimate of drug-likeness (QED) is 0.794. The highest BCUT2D eigenvalue weighted by Crippen LogP contribution is 2.38. The summed E-state index contributed by atoms with van der Waals surface area (Å²) in [7, 11) is 3.19. The fraction of sp³-hybridized carbons (Fsp3) is 0.118. The predicted molar refractivity (Wildman–Crippen MR) is 81.6 cm³/mol. The second kappa shape index (κ2) is 5.22. The minimum Gasteiger partial charge on any atom is -0.493 e. The maximum Gasteiger partial charge on any atom is 0.162 e. The predicted octanol–water partition coefficient (Wildman–Crippen LogP) is 3.72. The number of hydrogen-bond donors (Lipinski definition) is 1. The lowest BCUT2D eigenvalue weighted by molar-refractivity contribution is 0.356. The van der Waals surface area contributed by atoms with Crippen molar-refractivity contribution in [3.05, 3.63) is 48.2 Å². The number of aromatic nitrogens is 1. The summed E-state index contributed by atoms with van der Waals surface area (Å²) < 4.78 is 10.7. The van der Waals surface area contributed by atoms with Gasteiger partial charge in [0, 0.05) is 17.0 Å². The molecule has 1 N–H and O–H groups in total. The molecule has 0 fully saturated rings. The Balaban J connectivity index is 2.35. The van der Waals surface area contributed by atoms with Crippen LogP contribution < -0.4 is 9.47 Å². The number of ether oxygens (including phenoxy) is 2. The normalized spacial score (nSPS) is 10.3. The zero-order chi connectivity index (χ0) is 14.8. The number of methoxy groups -OCH3 is 2. The van der Waals surface area contributed by atoms with E-state index in [0.717, 1.165) is 22.0 Å². The smallest absolute Gasteiger partial charge is 0.162 e. The molecule has 104 valence electrons. The molecule has 0 bridgehead atoms. The van der Waals surface area contributed by atoms with Crippen LogP contribution in [0.25, 0.3) is 22.0 Å². The average Bonchev–Trinajstić information content (AvgIpc) is 2.91. The van der Waals surface area contributed by atoms with Crippen molar-refractivity contribution in [2.45, 2.75) is 0 Å². The fourth-order valence-electron chi connectivity index (χ4n) is 2.51. The summed E-state index contributed by atoms with van der Waals surface area (Å²) in [6.07, 6.45) is 0. The molecule has 0 aliphatic carbocycles. The van der Waals surface area contributed by atoms with Gasteiger partial charge in [-0.2, -0.15) is 5.26 Å². The maximum atomic E-state index is 9.39. The Morgan fingerprint density at radius 1 is 1.00 bits per heavy atom. The first-order valence-electron chi connectivity index (χ1n) is 6.51. The maximum absolute atomic E-state index is 9.39. The first-order chi connectivity index (χ1) is 10.3. The lowest BCUT2D eigenvalue weighted by Gasteiger charge is -2.08. The van der Waals surface area contributed by atoms with Crippen LogP contribution in [-0.4, -0.2) is 19.2 Å². The molecule has 1 aromatic heterocycles. The van der Waals surface area contributed by atoms with Crippen molar-refractivity contribution < 1.29 is 9.47 Å². The number of H-pyrrole nitrogens is 1. The van der Waals surface area contributed by atoms with E-state index in [0.29, 0.717) is 17.2 Å². The van der Waals surface area contributed by atoms with Crippen molar-refractivity contribution >= 4 is 10.9 Å². The Bertz CT molecular complexity index is 829. The molecule has 0 aliphatic rings. The highest BCUT2D eigenvalue weighted by atomic mass is 16.5. The highest BCUT2D eigenvalue weighted by Gasteiger charge is 2.16. The second-order valence-electron chi connectivity index (χ2n) is 4.61. The molecule has 0 spiro atoms. The lowest BCUT2D eigenvalue weighted by atomic mass is 10.0. The highest BCUT2D eigenvalue weighted by molar-refractivity contribution is 6.00. The SMILES string of the molecule is COc1cc2[nH]c(C#N)c(-c3ccccc3)c2cc1OC. The summed E-state index contributed by atoms with van der Waals surface area (Å²) in [5.74, 6) is 1.28. The molecule has 21 heavy (non-hydrogen) atoms. The molecule has 2 aromatic carbocycles. The third-order valence-corrected chi connectivity index (χ3v) is 3.48. The fourth-order valence-corrected chi connectivity index (χ4v) is 2.51. The van der Waals surface area contributed by atoms with Gasteiger partial charge in [-0.25, -0.2) is 0 Å². The topological polar surface area (TPSA) is 58.0 Å². The minimum absolute atomic E-state index is 0.534. The first kappa shape index (κ1) is 13.1. The molecule has 4 nitrogen and oxygen atoms in total. The van der Waals surface area contributed by atoms with Gasteiger partial charge in [0.2, 0.25) is 0 Å². The van der Waals surface area contributed by atoms with Gasteiger partial charge in [0.15, 0.2) is 11.5 Å². The molecule has 0 unspecified atom stereocenters. The van der Waals surface area contributed by atoms with E-state index in [1.807, 2.05) is 42.5 Å². The van der Waals surface area contributed by atoms with Crippen LogP contribution in [0.1, 0.15) is 5.69 Å². The Hall–Kier alpha value is -2.93. The molecular weight excluding hydrogens is 264 g/mol. The Morgan fingerprint density at radius 2 is 1.67 bits per heavy atom. The molecule has 0 saturated heterocycles.